The smallest absolute Gasteiger partial charge is 0.337 e. The van der Waals surface area contributed by atoms with Crippen LogP contribution in [0.3, 0.4) is 0 Å². The number of aliphatic hydroxyl groups excluding tert-OH is 2. The quantitative estimate of drug-likeness (QED) is 0.773. The van der Waals surface area contributed by atoms with Gasteiger partial charge in [0.15, 0.2) is 6.10 Å². The van der Waals surface area contributed by atoms with Gasteiger partial charge in [-0.05, 0) is 18.1 Å². The third kappa shape index (κ3) is 3.15. The number of hydrogen-bond acceptors (Lipinski definition) is 4. The van der Waals surface area contributed by atoms with Crippen molar-refractivity contribution < 1.29 is 19.7 Å². The summed E-state index contributed by atoms with van der Waals surface area (Å²) >= 11 is 0. The largest absolute Gasteiger partial charge is 0.467 e. The summed E-state index contributed by atoms with van der Waals surface area (Å²) in [6.45, 7) is 5.66. The lowest BCUT2D eigenvalue weighted by Gasteiger charge is -2.16. The van der Waals surface area contributed by atoms with Gasteiger partial charge >= 0.3 is 5.97 Å². The van der Waals surface area contributed by atoms with Gasteiger partial charge in [0.1, 0.15) is 6.10 Å². The molecular formula is C13H16O4. The highest BCUT2D eigenvalue weighted by atomic mass is 16.5. The molecule has 0 aromatic heterocycles. The summed E-state index contributed by atoms with van der Waals surface area (Å²) in [5.74, 6) is -0.860. The van der Waals surface area contributed by atoms with Gasteiger partial charge in [-0.15, -0.1) is 0 Å². The predicted octanol–water partition coefficient (Wildman–Crippen LogP) is 1.29. The highest BCUT2D eigenvalue weighted by Gasteiger charge is 2.26. The maximum Gasteiger partial charge on any atom is 0.337 e. The average molecular weight is 236 g/mol. The monoisotopic (exact) mass is 236 g/mol. The van der Waals surface area contributed by atoms with Gasteiger partial charge in [-0.3, -0.25) is 0 Å². The van der Waals surface area contributed by atoms with Crippen LogP contribution in [0.15, 0.2) is 30.8 Å². The Labute approximate surface area is 100 Å². The van der Waals surface area contributed by atoms with Crippen LogP contribution in [0.1, 0.15) is 24.2 Å². The summed E-state index contributed by atoms with van der Waals surface area (Å²) in [6, 6.07) is 6.82. The van der Waals surface area contributed by atoms with Crippen LogP contribution in [0.25, 0.3) is 5.57 Å². The topological polar surface area (TPSA) is 66.8 Å². The number of benzene rings is 1. The molecule has 0 heterocycles. The van der Waals surface area contributed by atoms with Gasteiger partial charge in [0, 0.05) is 0 Å². The van der Waals surface area contributed by atoms with Crippen molar-refractivity contribution in [1.29, 1.82) is 0 Å². The number of aliphatic hydroxyl groups is 2. The average Bonchev–Trinajstić information content (AvgIpc) is 2.36. The molecule has 1 aromatic carbocycles. The van der Waals surface area contributed by atoms with Crippen molar-refractivity contribution in [2.24, 2.45) is 0 Å². The second-order valence-electron chi connectivity index (χ2n) is 3.82. The molecule has 0 bridgehead atoms. The summed E-state index contributed by atoms with van der Waals surface area (Å²) in [5, 5.41) is 19.2. The predicted molar refractivity (Wildman–Crippen MR) is 64.1 cm³/mol. The molecule has 0 saturated heterocycles. The lowest BCUT2D eigenvalue weighted by atomic mass is 10.0. The summed E-state index contributed by atoms with van der Waals surface area (Å²) < 4.78 is 4.35. The zero-order valence-corrected chi connectivity index (χ0v) is 9.88. The molecule has 0 amide bonds. The molecule has 0 aliphatic heterocycles. The molecule has 1 rings (SSSR count). The van der Waals surface area contributed by atoms with E-state index in [-0.39, 0.29) is 0 Å². The molecule has 2 atom stereocenters. The van der Waals surface area contributed by atoms with E-state index in [0.717, 1.165) is 18.2 Å². The SMILES string of the molecule is C=C(C)c1ccc(C(O)C(O)C(=O)OC)cc1. The Bertz CT molecular complexity index is 408. The number of hydrogen-bond donors (Lipinski definition) is 2. The van der Waals surface area contributed by atoms with E-state index in [1.54, 1.807) is 24.3 Å². The van der Waals surface area contributed by atoms with Gasteiger partial charge in [0.05, 0.1) is 7.11 Å². The summed E-state index contributed by atoms with van der Waals surface area (Å²) in [4.78, 5) is 11.1. The van der Waals surface area contributed by atoms with E-state index < -0.39 is 18.2 Å². The number of ether oxygens (including phenoxy) is 1. The van der Waals surface area contributed by atoms with Crippen LogP contribution in [0, 0.1) is 0 Å². The molecule has 4 nitrogen and oxygen atoms in total. The van der Waals surface area contributed by atoms with Crippen molar-refractivity contribution >= 4 is 11.5 Å². The minimum Gasteiger partial charge on any atom is -0.467 e. The van der Waals surface area contributed by atoms with Gasteiger partial charge in [-0.25, -0.2) is 4.79 Å². The molecule has 0 aliphatic carbocycles. The van der Waals surface area contributed by atoms with E-state index >= 15 is 0 Å². The van der Waals surface area contributed by atoms with E-state index in [2.05, 4.69) is 11.3 Å². The normalized spacial score (nSPS) is 13.9. The minimum absolute atomic E-state index is 0.452. The lowest BCUT2D eigenvalue weighted by molar-refractivity contribution is -0.156. The number of rotatable bonds is 4. The zero-order valence-electron chi connectivity index (χ0n) is 9.88. The standard InChI is InChI=1S/C13H16O4/c1-8(2)9-4-6-10(7-5-9)11(14)12(15)13(16)17-3/h4-7,11-12,14-15H,1H2,2-3H3. The van der Waals surface area contributed by atoms with Crippen LogP contribution in [0.5, 0.6) is 0 Å². The Kier molecular flexibility index (Phi) is 4.43. The Hall–Kier alpha value is -1.65. The molecular weight excluding hydrogens is 220 g/mol. The fourth-order valence-corrected chi connectivity index (χ4v) is 1.40. The van der Waals surface area contributed by atoms with Crippen molar-refractivity contribution in [2.75, 3.05) is 7.11 Å². The Morgan fingerprint density at radius 2 is 1.82 bits per heavy atom. The molecule has 0 spiro atoms. The molecule has 4 heteroatoms. The maximum absolute atomic E-state index is 11.1. The van der Waals surface area contributed by atoms with E-state index in [0.29, 0.717) is 5.56 Å². The molecule has 2 unspecified atom stereocenters. The molecule has 92 valence electrons. The third-order valence-corrected chi connectivity index (χ3v) is 2.49. The first-order valence-corrected chi connectivity index (χ1v) is 5.17. The van der Waals surface area contributed by atoms with Gasteiger partial charge in [0.2, 0.25) is 0 Å². The molecule has 1 aromatic rings. The Balaban J connectivity index is 2.86. The maximum atomic E-state index is 11.1. The summed E-state index contributed by atoms with van der Waals surface area (Å²) in [7, 11) is 1.16. The Morgan fingerprint density at radius 1 is 1.29 bits per heavy atom. The number of carbonyl (C=O) groups is 1. The molecule has 0 radical (unpaired) electrons. The number of carbonyl (C=O) groups excluding carboxylic acids is 1. The fourth-order valence-electron chi connectivity index (χ4n) is 1.40. The zero-order chi connectivity index (χ0) is 13.0. The van der Waals surface area contributed by atoms with Crippen LogP contribution >= 0.6 is 0 Å². The van der Waals surface area contributed by atoms with Gasteiger partial charge < -0.3 is 14.9 Å². The second kappa shape index (κ2) is 5.61. The third-order valence-electron chi connectivity index (χ3n) is 2.49. The highest BCUT2D eigenvalue weighted by molar-refractivity contribution is 5.75. The highest BCUT2D eigenvalue weighted by Crippen LogP contribution is 2.20. The van der Waals surface area contributed by atoms with Crippen LogP contribution in [-0.4, -0.2) is 29.4 Å². The van der Waals surface area contributed by atoms with E-state index in [9.17, 15) is 15.0 Å². The van der Waals surface area contributed by atoms with Crippen LogP contribution < -0.4 is 0 Å². The van der Waals surface area contributed by atoms with Crippen molar-refractivity contribution in [2.45, 2.75) is 19.1 Å². The first-order valence-electron chi connectivity index (χ1n) is 5.17. The first-order chi connectivity index (χ1) is 7.97. The van der Waals surface area contributed by atoms with Crippen molar-refractivity contribution in [3.8, 4) is 0 Å². The molecule has 2 N–H and O–H groups in total. The van der Waals surface area contributed by atoms with Crippen molar-refractivity contribution in [3.05, 3.63) is 42.0 Å². The van der Waals surface area contributed by atoms with Gasteiger partial charge in [0.25, 0.3) is 0 Å². The summed E-state index contributed by atoms with van der Waals surface area (Å²) in [6.07, 6.45) is -2.86. The second-order valence-corrected chi connectivity index (χ2v) is 3.82. The summed E-state index contributed by atoms with van der Waals surface area (Å²) in [5.41, 5.74) is 2.29. The van der Waals surface area contributed by atoms with Gasteiger partial charge in [-0.1, -0.05) is 36.4 Å². The van der Waals surface area contributed by atoms with Crippen molar-refractivity contribution in [3.63, 3.8) is 0 Å². The fraction of sp³-hybridized carbons (Fsp3) is 0.308. The molecule has 0 aliphatic rings. The van der Waals surface area contributed by atoms with Crippen LogP contribution in [0.4, 0.5) is 0 Å². The minimum atomic E-state index is -1.57. The lowest BCUT2D eigenvalue weighted by Crippen LogP contribution is -2.28. The van der Waals surface area contributed by atoms with Crippen LogP contribution in [-0.2, 0) is 9.53 Å². The number of esters is 1. The number of allylic oxidation sites excluding steroid dienone is 1. The first kappa shape index (κ1) is 13.4. The van der Waals surface area contributed by atoms with Gasteiger partial charge in [-0.2, -0.15) is 0 Å². The number of methoxy groups -OCH3 is 1. The van der Waals surface area contributed by atoms with E-state index in [1.807, 2.05) is 6.92 Å². The van der Waals surface area contributed by atoms with Crippen LogP contribution in [0.2, 0.25) is 0 Å². The van der Waals surface area contributed by atoms with Crippen molar-refractivity contribution in [1.82, 2.24) is 0 Å². The van der Waals surface area contributed by atoms with E-state index in [4.69, 9.17) is 0 Å². The molecule has 0 fully saturated rings. The van der Waals surface area contributed by atoms with E-state index in [1.165, 1.54) is 0 Å². The molecule has 0 saturated carbocycles. The Morgan fingerprint density at radius 3 is 2.24 bits per heavy atom. The molecule has 17 heavy (non-hydrogen) atoms.